The Morgan fingerprint density at radius 1 is 1.35 bits per heavy atom. The van der Waals surface area contributed by atoms with Gasteiger partial charge in [0.15, 0.2) is 5.13 Å². The first-order valence-electron chi connectivity index (χ1n) is 5.93. The number of rotatable bonds is 6. The maximum atomic E-state index is 5.51. The smallest absolute Gasteiger partial charge is 0.183 e. The van der Waals surface area contributed by atoms with E-state index in [1.807, 2.05) is 18.2 Å². The Hall–Kier alpha value is -1.13. The van der Waals surface area contributed by atoms with Crippen LogP contribution in [0.3, 0.4) is 0 Å². The molecule has 0 aliphatic carbocycles. The summed E-state index contributed by atoms with van der Waals surface area (Å²) in [6, 6.07) is 8.17. The van der Waals surface area contributed by atoms with Crippen LogP contribution in [0.5, 0.6) is 0 Å². The zero-order chi connectivity index (χ0) is 12.1. The van der Waals surface area contributed by atoms with Gasteiger partial charge in [0.2, 0.25) is 0 Å². The van der Waals surface area contributed by atoms with E-state index in [2.05, 4.69) is 30.2 Å². The van der Waals surface area contributed by atoms with Crippen molar-refractivity contribution < 1.29 is 4.74 Å². The van der Waals surface area contributed by atoms with E-state index < -0.39 is 0 Å². The molecular weight excluding hydrogens is 232 g/mol. The molecule has 1 aromatic heterocycles. The molecule has 17 heavy (non-hydrogen) atoms. The normalized spacial score (nSPS) is 11.2. The zero-order valence-corrected chi connectivity index (χ0v) is 11.1. The van der Waals surface area contributed by atoms with Gasteiger partial charge in [-0.15, -0.1) is 0 Å². The molecule has 0 bridgehead atoms. The van der Waals surface area contributed by atoms with Crippen LogP contribution in [0, 0.1) is 5.92 Å². The number of benzene rings is 1. The van der Waals surface area contributed by atoms with E-state index in [0.29, 0.717) is 5.92 Å². The Morgan fingerprint density at radius 2 is 2.18 bits per heavy atom. The molecule has 1 N–H and O–H groups in total. The van der Waals surface area contributed by atoms with Gasteiger partial charge in [-0.2, -0.15) is 0 Å². The molecule has 4 heteroatoms. The van der Waals surface area contributed by atoms with E-state index in [4.69, 9.17) is 4.74 Å². The van der Waals surface area contributed by atoms with Crippen molar-refractivity contribution in [1.82, 2.24) is 4.98 Å². The summed E-state index contributed by atoms with van der Waals surface area (Å²) < 4.78 is 6.73. The van der Waals surface area contributed by atoms with E-state index >= 15 is 0 Å². The monoisotopic (exact) mass is 250 g/mol. The fourth-order valence-corrected chi connectivity index (χ4v) is 2.39. The number of hydrogen-bond donors (Lipinski definition) is 1. The third-order valence-electron chi connectivity index (χ3n) is 2.27. The Bertz CT molecular complexity index is 434. The second-order valence-electron chi connectivity index (χ2n) is 4.38. The Balaban J connectivity index is 1.79. The summed E-state index contributed by atoms with van der Waals surface area (Å²) >= 11 is 1.68. The average molecular weight is 250 g/mol. The van der Waals surface area contributed by atoms with Crippen LogP contribution in [-0.4, -0.2) is 24.7 Å². The summed E-state index contributed by atoms with van der Waals surface area (Å²) in [6.45, 7) is 6.67. The second kappa shape index (κ2) is 5.98. The van der Waals surface area contributed by atoms with Gasteiger partial charge in [-0.3, -0.25) is 0 Å². The van der Waals surface area contributed by atoms with Crippen LogP contribution in [0.1, 0.15) is 13.8 Å². The maximum Gasteiger partial charge on any atom is 0.183 e. The fourth-order valence-electron chi connectivity index (χ4n) is 1.50. The number of ether oxygens (including phenoxy) is 1. The van der Waals surface area contributed by atoms with Crippen molar-refractivity contribution in [2.45, 2.75) is 13.8 Å². The minimum Gasteiger partial charge on any atom is -0.379 e. The molecule has 0 aliphatic heterocycles. The number of aromatic nitrogens is 1. The first kappa shape index (κ1) is 12.3. The molecule has 3 nitrogen and oxygen atoms in total. The summed E-state index contributed by atoms with van der Waals surface area (Å²) in [5.41, 5.74) is 1.06. The molecule has 92 valence electrons. The van der Waals surface area contributed by atoms with Crippen molar-refractivity contribution in [2.24, 2.45) is 5.92 Å². The van der Waals surface area contributed by atoms with Gasteiger partial charge in [0, 0.05) is 13.2 Å². The zero-order valence-electron chi connectivity index (χ0n) is 10.3. The van der Waals surface area contributed by atoms with Gasteiger partial charge >= 0.3 is 0 Å². The van der Waals surface area contributed by atoms with Gasteiger partial charge in [0.1, 0.15) is 0 Å². The first-order chi connectivity index (χ1) is 8.25. The molecule has 0 unspecified atom stereocenters. The molecule has 0 saturated heterocycles. The molecule has 0 spiro atoms. The summed E-state index contributed by atoms with van der Waals surface area (Å²) in [5, 5.41) is 4.26. The number of nitrogens with zero attached hydrogens (tertiary/aromatic N) is 1. The highest BCUT2D eigenvalue weighted by Gasteiger charge is 2.01. The summed E-state index contributed by atoms with van der Waals surface area (Å²) in [5.74, 6) is 0.595. The maximum absolute atomic E-state index is 5.51. The minimum atomic E-state index is 0.595. The number of hydrogen-bond acceptors (Lipinski definition) is 4. The van der Waals surface area contributed by atoms with Gasteiger partial charge in [-0.25, -0.2) is 4.98 Å². The van der Waals surface area contributed by atoms with E-state index in [-0.39, 0.29) is 0 Å². The molecule has 0 aliphatic rings. The van der Waals surface area contributed by atoms with Crippen LogP contribution >= 0.6 is 11.3 Å². The number of thiazole rings is 1. The van der Waals surface area contributed by atoms with Crippen molar-refractivity contribution >= 4 is 26.7 Å². The summed E-state index contributed by atoms with van der Waals surface area (Å²) in [6.07, 6.45) is 0. The van der Waals surface area contributed by atoms with Crippen molar-refractivity contribution in [3.8, 4) is 0 Å². The van der Waals surface area contributed by atoms with Crippen LogP contribution in [0.15, 0.2) is 24.3 Å². The quantitative estimate of drug-likeness (QED) is 0.798. The molecular formula is C13H18N2OS. The molecule has 2 rings (SSSR count). The van der Waals surface area contributed by atoms with Crippen LogP contribution in [-0.2, 0) is 4.74 Å². The Labute approximate surface area is 106 Å². The largest absolute Gasteiger partial charge is 0.379 e. The molecule has 0 radical (unpaired) electrons. The minimum absolute atomic E-state index is 0.595. The van der Waals surface area contributed by atoms with E-state index in [1.54, 1.807) is 11.3 Å². The summed E-state index contributed by atoms with van der Waals surface area (Å²) in [7, 11) is 0. The second-order valence-corrected chi connectivity index (χ2v) is 5.41. The number of nitrogens with one attached hydrogen (secondary N) is 1. The number of anilines is 1. The third-order valence-corrected chi connectivity index (χ3v) is 3.26. The van der Waals surface area contributed by atoms with Gasteiger partial charge in [0.25, 0.3) is 0 Å². The van der Waals surface area contributed by atoms with Crippen molar-refractivity contribution in [1.29, 1.82) is 0 Å². The first-order valence-corrected chi connectivity index (χ1v) is 6.74. The Morgan fingerprint density at radius 3 is 2.94 bits per heavy atom. The van der Waals surface area contributed by atoms with E-state index in [0.717, 1.165) is 30.4 Å². The van der Waals surface area contributed by atoms with E-state index in [1.165, 1.54) is 4.70 Å². The highest BCUT2D eigenvalue weighted by atomic mass is 32.1. The molecule has 0 saturated carbocycles. The lowest BCUT2D eigenvalue weighted by molar-refractivity contribution is 0.118. The van der Waals surface area contributed by atoms with Crippen LogP contribution in [0.4, 0.5) is 5.13 Å². The lowest BCUT2D eigenvalue weighted by Crippen LogP contribution is -2.11. The van der Waals surface area contributed by atoms with Gasteiger partial charge < -0.3 is 10.1 Å². The predicted octanol–water partition coefficient (Wildman–Crippen LogP) is 3.38. The summed E-state index contributed by atoms with van der Waals surface area (Å²) in [4.78, 5) is 4.50. The highest BCUT2D eigenvalue weighted by molar-refractivity contribution is 7.22. The van der Waals surface area contributed by atoms with Crippen LogP contribution in [0.2, 0.25) is 0 Å². The molecule has 1 heterocycles. The number of fused-ring (bicyclic) bond motifs is 1. The highest BCUT2D eigenvalue weighted by Crippen LogP contribution is 2.24. The average Bonchev–Trinajstić information content (AvgIpc) is 2.70. The molecule has 0 amide bonds. The molecule has 0 atom stereocenters. The topological polar surface area (TPSA) is 34.1 Å². The van der Waals surface area contributed by atoms with E-state index in [9.17, 15) is 0 Å². The van der Waals surface area contributed by atoms with Gasteiger partial charge in [0.05, 0.1) is 16.8 Å². The SMILES string of the molecule is CC(C)COCCNc1nc2ccccc2s1. The van der Waals surface area contributed by atoms with Gasteiger partial charge in [-0.1, -0.05) is 37.3 Å². The molecule has 0 fully saturated rings. The lowest BCUT2D eigenvalue weighted by atomic mass is 10.2. The fraction of sp³-hybridized carbons (Fsp3) is 0.462. The van der Waals surface area contributed by atoms with Crippen molar-refractivity contribution in [2.75, 3.05) is 25.1 Å². The van der Waals surface area contributed by atoms with Crippen LogP contribution in [0.25, 0.3) is 10.2 Å². The Kier molecular flexibility index (Phi) is 4.34. The predicted molar refractivity (Wildman–Crippen MR) is 73.8 cm³/mol. The standard InChI is InChI=1S/C13H18N2OS/c1-10(2)9-16-8-7-14-13-15-11-5-3-4-6-12(11)17-13/h3-6,10H,7-9H2,1-2H3,(H,14,15). The van der Waals surface area contributed by atoms with Crippen molar-refractivity contribution in [3.05, 3.63) is 24.3 Å². The molecule has 2 aromatic rings. The lowest BCUT2D eigenvalue weighted by Gasteiger charge is -2.06. The van der Waals surface area contributed by atoms with Gasteiger partial charge in [-0.05, 0) is 18.1 Å². The number of para-hydroxylation sites is 1. The third kappa shape index (κ3) is 3.68. The molecule has 1 aromatic carbocycles. The van der Waals surface area contributed by atoms with Crippen LogP contribution < -0.4 is 5.32 Å². The van der Waals surface area contributed by atoms with Crippen molar-refractivity contribution in [3.63, 3.8) is 0 Å².